The number of aryl methyl sites for hydroxylation is 1. The zero-order chi connectivity index (χ0) is 26.5. The number of nitrogens with one attached hydrogen (secondary N) is 1. The SMILES string of the molecule is O=C(/C=C1\CCN(C(=O)C2CC(F)(F)C2)c2cc(C(F)(F)F)ccc21)Nc1cccc2c1CC(O)CC2. The van der Waals surface area contributed by atoms with E-state index in [4.69, 9.17) is 0 Å². The first-order valence-corrected chi connectivity index (χ1v) is 12.1. The molecular formula is C27H25F5N2O3. The van der Waals surface area contributed by atoms with Crippen molar-refractivity contribution >= 4 is 28.8 Å². The Bertz CT molecular complexity index is 1280. The van der Waals surface area contributed by atoms with Crippen LogP contribution in [0.1, 0.15) is 47.9 Å². The average molecular weight is 520 g/mol. The van der Waals surface area contributed by atoms with E-state index in [2.05, 4.69) is 5.32 Å². The maximum Gasteiger partial charge on any atom is 0.416 e. The van der Waals surface area contributed by atoms with E-state index in [-0.39, 0.29) is 24.2 Å². The summed E-state index contributed by atoms with van der Waals surface area (Å²) < 4.78 is 67.0. The van der Waals surface area contributed by atoms with Crippen molar-refractivity contribution in [2.45, 2.75) is 56.7 Å². The molecular weight excluding hydrogens is 495 g/mol. The fraction of sp³-hybridized carbons (Fsp3) is 0.407. The Kier molecular flexibility index (Phi) is 6.34. The van der Waals surface area contributed by atoms with Gasteiger partial charge in [-0.25, -0.2) is 8.78 Å². The molecule has 5 rings (SSSR count). The van der Waals surface area contributed by atoms with E-state index in [1.165, 1.54) is 12.1 Å². The number of anilines is 2. The number of rotatable bonds is 3. The molecule has 0 saturated heterocycles. The van der Waals surface area contributed by atoms with Gasteiger partial charge in [0.05, 0.1) is 17.4 Å². The summed E-state index contributed by atoms with van der Waals surface area (Å²) in [4.78, 5) is 27.0. The van der Waals surface area contributed by atoms with Crippen LogP contribution in [-0.2, 0) is 28.6 Å². The summed E-state index contributed by atoms with van der Waals surface area (Å²) in [5.41, 5.74) is 2.15. The molecule has 3 aliphatic rings. The van der Waals surface area contributed by atoms with Crippen molar-refractivity contribution in [1.82, 2.24) is 0 Å². The molecule has 196 valence electrons. The van der Waals surface area contributed by atoms with E-state index in [1.54, 1.807) is 12.1 Å². The first kappa shape index (κ1) is 25.4. The van der Waals surface area contributed by atoms with Crippen LogP contribution in [0.2, 0.25) is 0 Å². The van der Waals surface area contributed by atoms with Crippen LogP contribution in [0.3, 0.4) is 0 Å². The summed E-state index contributed by atoms with van der Waals surface area (Å²) in [6.07, 6.45) is -3.22. The number of halogens is 5. The molecule has 2 aliphatic carbocycles. The van der Waals surface area contributed by atoms with Crippen molar-refractivity contribution in [3.05, 3.63) is 64.7 Å². The van der Waals surface area contributed by atoms with Crippen LogP contribution in [0.5, 0.6) is 0 Å². The van der Waals surface area contributed by atoms with E-state index in [1.807, 2.05) is 6.07 Å². The first-order valence-electron chi connectivity index (χ1n) is 12.1. The number of aliphatic hydroxyl groups excluding tert-OH is 1. The Hall–Kier alpha value is -3.27. The molecule has 2 N–H and O–H groups in total. The summed E-state index contributed by atoms with van der Waals surface area (Å²) in [5.74, 6) is -5.02. The summed E-state index contributed by atoms with van der Waals surface area (Å²) >= 11 is 0. The Labute approximate surface area is 210 Å². The van der Waals surface area contributed by atoms with E-state index in [9.17, 15) is 36.6 Å². The van der Waals surface area contributed by atoms with Gasteiger partial charge in [-0.05, 0) is 54.2 Å². The number of hydrogen-bond donors (Lipinski definition) is 2. The topological polar surface area (TPSA) is 69.6 Å². The Balaban J connectivity index is 1.44. The monoisotopic (exact) mass is 520 g/mol. The lowest BCUT2D eigenvalue weighted by Crippen LogP contribution is -2.48. The maximum absolute atomic E-state index is 13.4. The van der Waals surface area contributed by atoms with Gasteiger partial charge in [-0.15, -0.1) is 0 Å². The Morgan fingerprint density at radius 2 is 1.86 bits per heavy atom. The predicted octanol–water partition coefficient (Wildman–Crippen LogP) is 5.36. The highest BCUT2D eigenvalue weighted by molar-refractivity contribution is 6.07. The predicted molar refractivity (Wildman–Crippen MR) is 127 cm³/mol. The molecule has 0 spiro atoms. The van der Waals surface area contributed by atoms with Crippen LogP contribution in [0.25, 0.3) is 5.57 Å². The second-order valence-electron chi connectivity index (χ2n) is 9.93. The molecule has 10 heteroatoms. The third-order valence-corrected chi connectivity index (χ3v) is 7.29. The molecule has 5 nitrogen and oxygen atoms in total. The van der Waals surface area contributed by atoms with Gasteiger partial charge in [-0.1, -0.05) is 18.2 Å². The fourth-order valence-corrected chi connectivity index (χ4v) is 5.34. The van der Waals surface area contributed by atoms with Crippen molar-refractivity contribution < 1.29 is 36.6 Å². The number of fused-ring (bicyclic) bond motifs is 2. The van der Waals surface area contributed by atoms with Crippen molar-refractivity contribution in [3.8, 4) is 0 Å². The Morgan fingerprint density at radius 1 is 1.11 bits per heavy atom. The number of nitrogens with zero attached hydrogens (tertiary/aromatic N) is 1. The molecule has 2 aromatic carbocycles. The van der Waals surface area contributed by atoms with Gasteiger partial charge in [0.2, 0.25) is 17.7 Å². The van der Waals surface area contributed by atoms with Crippen LogP contribution in [0, 0.1) is 5.92 Å². The molecule has 0 aromatic heterocycles. The fourth-order valence-electron chi connectivity index (χ4n) is 5.34. The molecule has 2 amide bonds. The zero-order valence-electron chi connectivity index (χ0n) is 19.7. The van der Waals surface area contributed by atoms with Gasteiger partial charge in [0, 0.05) is 49.1 Å². The molecule has 1 fully saturated rings. The van der Waals surface area contributed by atoms with Crippen molar-refractivity contribution in [3.63, 3.8) is 0 Å². The van der Waals surface area contributed by atoms with E-state index in [0.717, 1.165) is 28.2 Å². The van der Waals surface area contributed by atoms with Crippen LogP contribution in [-0.4, -0.2) is 35.5 Å². The number of amides is 2. The summed E-state index contributed by atoms with van der Waals surface area (Å²) in [6, 6.07) is 8.41. The highest BCUT2D eigenvalue weighted by Gasteiger charge is 2.50. The Morgan fingerprint density at radius 3 is 2.57 bits per heavy atom. The van der Waals surface area contributed by atoms with Gasteiger partial charge in [0.1, 0.15) is 0 Å². The minimum absolute atomic E-state index is 0.0265. The van der Waals surface area contributed by atoms with Gasteiger partial charge in [0.25, 0.3) is 0 Å². The molecule has 1 saturated carbocycles. The number of aliphatic hydroxyl groups is 1. The third kappa shape index (κ3) is 5.12. The number of hydrogen-bond acceptors (Lipinski definition) is 3. The highest BCUT2D eigenvalue weighted by atomic mass is 19.4. The average Bonchev–Trinajstić information content (AvgIpc) is 2.81. The lowest BCUT2D eigenvalue weighted by Gasteiger charge is -2.39. The number of benzene rings is 2. The van der Waals surface area contributed by atoms with Crippen LogP contribution < -0.4 is 10.2 Å². The molecule has 0 bridgehead atoms. The van der Waals surface area contributed by atoms with Crippen LogP contribution >= 0.6 is 0 Å². The lowest BCUT2D eigenvalue weighted by molar-refractivity contribution is -0.147. The standard InChI is InChI=1S/C27H25F5N2O3/c28-26(29)13-17(14-26)25(37)34-9-8-16(20-7-5-18(11-23(20)34)27(30,31)32)10-24(36)33-22-3-1-2-15-4-6-19(35)12-21(15)22/h1-3,5,7,10-11,17,19,35H,4,6,8-9,12-14H2,(H,33,36)/b16-10+. The van der Waals surface area contributed by atoms with Crippen molar-refractivity contribution in [2.24, 2.45) is 5.92 Å². The molecule has 2 aromatic rings. The quantitative estimate of drug-likeness (QED) is 0.423. The maximum atomic E-state index is 13.4. The van der Waals surface area contributed by atoms with E-state index in [0.29, 0.717) is 30.5 Å². The van der Waals surface area contributed by atoms with Gasteiger partial charge in [-0.3, -0.25) is 9.59 Å². The number of carbonyl (C=O) groups excluding carboxylic acids is 2. The minimum atomic E-state index is -4.66. The lowest BCUT2D eigenvalue weighted by atomic mass is 9.79. The second-order valence-corrected chi connectivity index (χ2v) is 9.93. The normalized spacial score (nSPS) is 22.2. The summed E-state index contributed by atoms with van der Waals surface area (Å²) in [7, 11) is 0. The van der Waals surface area contributed by atoms with Gasteiger partial charge < -0.3 is 15.3 Å². The third-order valence-electron chi connectivity index (χ3n) is 7.29. The number of alkyl halides is 5. The molecule has 1 atom stereocenters. The summed E-state index contributed by atoms with van der Waals surface area (Å²) in [6.45, 7) is -0.0265. The van der Waals surface area contributed by atoms with Gasteiger partial charge in [0.15, 0.2) is 0 Å². The van der Waals surface area contributed by atoms with Gasteiger partial charge >= 0.3 is 6.18 Å². The van der Waals surface area contributed by atoms with Crippen molar-refractivity contribution in [2.75, 3.05) is 16.8 Å². The number of carbonyl (C=O) groups is 2. The van der Waals surface area contributed by atoms with Crippen molar-refractivity contribution in [1.29, 1.82) is 0 Å². The van der Waals surface area contributed by atoms with E-state index >= 15 is 0 Å². The second kappa shape index (κ2) is 9.24. The molecule has 37 heavy (non-hydrogen) atoms. The first-order chi connectivity index (χ1) is 17.4. The largest absolute Gasteiger partial charge is 0.416 e. The highest BCUT2D eigenvalue weighted by Crippen LogP contribution is 2.46. The zero-order valence-corrected chi connectivity index (χ0v) is 19.7. The smallest absolute Gasteiger partial charge is 0.393 e. The molecule has 0 radical (unpaired) electrons. The summed E-state index contributed by atoms with van der Waals surface area (Å²) in [5, 5.41) is 12.9. The molecule has 1 heterocycles. The van der Waals surface area contributed by atoms with Crippen LogP contribution in [0.15, 0.2) is 42.5 Å². The molecule has 1 unspecified atom stereocenters. The minimum Gasteiger partial charge on any atom is -0.393 e. The van der Waals surface area contributed by atoms with Gasteiger partial charge in [-0.2, -0.15) is 13.2 Å². The van der Waals surface area contributed by atoms with E-state index < -0.39 is 54.3 Å². The van der Waals surface area contributed by atoms with Crippen LogP contribution in [0.4, 0.5) is 33.3 Å². The molecule has 1 aliphatic heterocycles.